The summed E-state index contributed by atoms with van der Waals surface area (Å²) in [5.74, 6) is -0.881. The van der Waals surface area contributed by atoms with Crippen LogP contribution in [0.25, 0.3) is 11.1 Å². The molecule has 0 radical (unpaired) electrons. The van der Waals surface area contributed by atoms with Gasteiger partial charge in [-0.25, -0.2) is 4.79 Å². The van der Waals surface area contributed by atoms with Crippen LogP contribution in [0.1, 0.15) is 72.6 Å². The Bertz CT molecular complexity index is 1990. The van der Waals surface area contributed by atoms with Crippen molar-refractivity contribution in [1.29, 1.82) is 0 Å². The van der Waals surface area contributed by atoms with E-state index in [1.54, 1.807) is 48.2 Å². The molecule has 5 aromatic carbocycles. The molecule has 2 aliphatic rings. The fourth-order valence-corrected chi connectivity index (χ4v) is 7.50. The number of carboxylic acids is 1. The monoisotopic (exact) mass is 685 g/mol. The summed E-state index contributed by atoms with van der Waals surface area (Å²) in [7, 11) is 0. The Morgan fingerprint density at radius 2 is 1.40 bits per heavy atom. The average molecular weight is 686 g/mol. The van der Waals surface area contributed by atoms with Crippen molar-refractivity contribution in [3.05, 3.63) is 160 Å². The molecule has 252 valence electrons. The Morgan fingerprint density at radius 1 is 0.740 bits per heavy atom. The molecule has 1 fully saturated rings. The summed E-state index contributed by atoms with van der Waals surface area (Å²) in [6.07, 6.45) is -1.08. The number of amides is 2. The van der Waals surface area contributed by atoms with Crippen LogP contribution in [0.3, 0.4) is 0 Å². The lowest BCUT2D eigenvalue weighted by atomic mass is 9.91. The van der Waals surface area contributed by atoms with Crippen LogP contribution in [0.2, 0.25) is 0 Å². The first kappa shape index (κ1) is 33.4. The average Bonchev–Trinajstić information content (AvgIpc) is 3.39. The zero-order valence-corrected chi connectivity index (χ0v) is 28.1. The second kappa shape index (κ2) is 14.4. The standard InChI is InChI=1S/C41H35NO7S/c1-25-36(24-50-33-19-17-30(18-20-33)40(46)47)48-41(49-37(25)29-11-9-26(23-43)10-12-29)31-15-13-28(14-16-31)32-6-4-5-27(21-32)22-42-38(44)34-7-2-3-8-35(34)39(42)45/h2-21,25,36-37,41,43H,22-24H2,1H3,(H,46,47)/t25-,36+,37+,41+/m0/s1. The molecule has 2 amide bonds. The van der Waals surface area contributed by atoms with Crippen LogP contribution in [0, 0.1) is 5.92 Å². The van der Waals surface area contributed by atoms with Gasteiger partial charge in [-0.3, -0.25) is 14.5 Å². The maximum atomic E-state index is 12.9. The predicted molar refractivity (Wildman–Crippen MR) is 190 cm³/mol. The number of thioether (sulfide) groups is 1. The van der Waals surface area contributed by atoms with Crippen molar-refractivity contribution in [3.8, 4) is 11.1 Å². The number of carbonyl (C=O) groups is 3. The van der Waals surface area contributed by atoms with E-state index >= 15 is 0 Å². The molecule has 2 aliphatic heterocycles. The van der Waals surface area contributed by atoms with Crippen LogP contribution in [-0.4, -0.2) is 44.8 Å². The van der Waals surface area contributed by atoms with E-state index in [2.05, 4.69) is 6.92 Å². The fourth-order valence-electron chi connectivity index (χ4n) is 6.43. The minimum Gasteiger partial charge on any atom is -0.478 e. The second-order valence-corrected chi connectivity index (χ2v) is 13.6. The first-order chi connectivity index (χ1) is 24.3. The quantitative estimate of drug-likeness (QED) is 0.113. The van der Waals surface area contributed by atoms with Crippen molar-refractivity contribution in [2.45, 2.75) is 43.5 Å². The van der Waals surface area contributed by atoms with Gasteiger partial charge in [-0.2, -0.15) is 0 Å². The number of fused-ring (bicyclic) bond motifs is 1. The molecule has 0 unspecified atom stereocenters. The molecule has 0 saturated carbocycles. The highest BCUT2D eigenvalue weighted by molar-refractivity contribution is 7.99. The molecule has 0 spiro atoms. The molecule has 8 nitrogen and oxygen atoms in total. The number of aromatic carboxylic acids is 1. The highest BCUT2D eigenvalue weighted by atomic mass is 32.2. The molecular formula is C41H35NO7S. The van der Waals surface area contributed by atoms with E-state index in [0.29, 0.717) is 16.9 Å². The van der Waals surface area contributed by atoms with Crippen LogP contribution in [-0.2, 0) is 22.6 Å². The van der Waals surface area contributed by atoms with Crippen molar-refractivity contribution < 1.29 is 34.1 Å². The van der Waals surface area contributed by atoms with Gasteiger partial charge in [0.15, 0.2) is 6.29 Å². The highest BCUT2D eigenvalue weighted by Crippen LogP contribution is 2.43. The van der Waals surface area contributed by atoms with Crippen molar-refractivity contribution in [1.82, 2.24) is 4.90 Å². The fraction of sp³-hybridized carbons (Fsp3) is 0.195. The predicted octanol–water partition coefficient (Wildman–Crippen LogP) is 7.92. The summed E-state index contributed by atoms with van der Waals surface area (Å²) in [6.45, 7) is 2.26. The number of imide groups is 1. The smallest absolute Gasteiger partial charge is 0.335 e. The Labute approximate surface area is 294 Å². The van der Waals surface area contributed by atoms with Crippen LogP contribution in [0.15, 0.2) is 126 Å². The summed E-state index contributed by atoms with van der Waals surface area (Å²) < 4.78 is 13.2. The first-order valence-corrected chi connectivity index (χ1v) is 17.4. The first-order valence-electron chi connectivity index (χ1n) is 16.4. The van der Waals surface area contributed by atoms with Gasteiger partial charge in [-0.15, -0.1) is 11.8 Å². The van der Waals surface area contributed by atoms with Gasteiger partial charge < -0.3 is 19.7 Å². The normalized spacial score (nSPS) is 20.2. The maximum Gasteiger partial charge on any atom is 0.335 e. The summed E-state index contributed by atoms with van der Waals surface area (Å²) in [4.78, 5) is 39.4. The van der Waals surface area contributed by atoms with Crippen LogP contribution < -0.4 is 0 Å². The van der Waals surface area contributed by atoms with E-state index in [-0.39, 0.29) is 48.7 Å². The summed E-state index contributed by atoms with van der Waals surface area (Å²) in [6, 6.07) is 37.4. The Morgan fingerprint density at radius 3 is 2.04 bits per heavy atom. The van der Waals surface area contributed by atoms with Crippen molar-refractivity contribution >= 4 is 29.5 Å². The molecule has 1 saturated heterocycles. The van der Waals surface area contributed by atoms with E-state index in [0.717, 1.165) is 38.3 Å². The zero-order valence-electron chi connectivity index (χ0n) is 27.3. The van der Waals surface area contributed by atoms with Crippen molar-refractivity contribution in [2.24, 2.45) is 5.92 Å². The molecule has 9 heteroatoms. The summed E-state index contributed by atoms with van der Waals surface area (Å²) in [5, 5.41) is 18.8. The molecule has 4 atom stereocenters. The van der Waals surface area contributed by atoms with Gasteiger partial charge in [0.1, 0.15) is 0 Å². The van der Waals surface area contributed by atoms with Gasteiger partial charge >= 0.3 is 5.97 Å². The number of carbonyl (C=O) groups excluding carboxylic acids is 2. The van der Waals surface area contributed by atoms with Gasteiger partial charge in [-0.05, 0) is 70.3 Å². The van der Waals surface area contributed by atoms with Gasteiger partial charge in [0.25, 0.3) is 11.8 Å². The van der Waals surface area contributed by atoms with E-state index in [4.69, 9.17) is 9.47 Å². The van der Waals surface area contributed by atoms with Crippen LogP contribution in [0.5, 0.6) is 0 Å². The lowest BCUT2D eigenvalue weighted by Crippen LogP contribution is -2.38. The number of hydrogen-bond donors (Lipinski definition) is 2. The largest absolute Gasteiger partial charge is 0.478 e. The van der Waals surface area contributed by atoms with Gasteiger partial charge in [0.2, 0.25) is 0 Å². The van der Waals surface area contributed by atoms with E-state index in [1.807, 2.05) is 84.9 Å². The van der Waals surface area contributed by atoms with Gasteiger partial charge in [0.05, 0.1) is 42.0 Å². The number of benzene rings is 5. The third-order valence-electron chi connectivity index (χ3n) is 9.30. The highest BCUT2D eigenvalue weighted by Gasteiger charge is 2.38. The molecule has 50 heavy (non-hydrogen) atoms. The third-order valence-corrected chi connectivity index (χ3v) is 10.4. The molecule has 5 aromatic rings. The third kappa shape index (κ3) is 6.86. The Kier molecular flexibility index (Phi) is 9.65. The van der Waals surface area contributed by atoms with Gasteiger partial charge in [-0.1, -0.05) is 85.8 Å². The number of ether oxygens (including phenoxy) is 2. The van der Waals surface area contributed by atoms with E-state index in [9.17, 15) is 24.6 Å². The number of aliphatic hydroxyl groups excluding tert-OH is 1. The zero-order chi connectivity index (χ0) is 34.8. The van der Waals surface area contributed by atoms with E-state index in [1.165, 1.54) is 4.90 Å². The van der Waals surface area contributed by atoms with Gasteiger partial charge in [0, 0.05) is 22.1 Å². The molecule has 0 bridgehead atoms. The molecule has 2 heterocycles. The van der Waals surface area contributed by atoms with Crippen molar-refractivity contribution in [3.63, 3.8) is 0 Å². The molecular weight excluding hydrogens is 651 g/mol. The lowest BCUT2D eigenvalue weighted by molar-refractivity contribution is -0.268. The number of rotatable bonds is 10. The molecule has 0 aromatic heterocycles. The molecule has 2 N–H and O–H groups in total. The number of carboxylic acid groups (broad SMARTS) is 1. The number of nitrogens with zero attached hydrogens (tertiary/aromatic N) is 1. The maximum absolute atomic E-state index is 12.9. The number of hydrogen-bond acceptors (Lipinski definition) is 7. The van der Waals surface area contributed by atoms with Crippen molar-refractivity contribution in [2.75, 3.05) is 5.75 Å². The Hall–Kier alpha value is -5.06. The minimum absolute atomic E-state index is 0.00111. The topological polar surface area (TPSA) is 113 Å². The SMILES string of the molecule is C[C@H]1[C@@H](CSc2ccc(C(=O)O)cc2)O[C@@H](c2ccc(-c3cccc(CN4C(=O)c5ccccc5C4=O)c3)cc2)O[C@H]1c1ccc(CO)cc1. The summed E-state index contributed by atoms with van der Waals surface area (Å²) in [5.41, 5.74) is 6.57. The molecule has 0 aliphatic carbocycles. The summed E-state index contributed by atoms with van der Waals surface area (Å²) >= 11 is 1.61. The number of aliphatic hydroxyl groups is 1. The minimum atomic E-state index is -0.957. The second-order valence-electron chi connectivity index (χ2n) is 12.5. The lowest BCUT2D eigenvalue weighted by Gasteiger charge is -2.41. The Balaban J connectivity index is 1.09. The van der Waals surface area contributed by atoms with Crippen LogP contribution >= 0.6 is 11.8 Å². The van der Waals surface area contributed by atoms with E-state index < -0.39 is 12.3 Å². The molecule has 7 rings (SSSR count). The van der Waals surface area contributed by atoms with Crippen LogP contribution in [0.4, 0.5) is 0 Å².